The van der Waals surface area contributed by atoms with Gasteiger partial charge in [-0.05, 0) is 72.4 Å². The summed E-state index contributed by atoms with van der Waals surface area (Å²) < 4.78 is 0. The van der Waals surface area contributed by atoms with Crippen LogP contribution >= 0.6 is 27.5 Å². The summed E-state index contributed by atoms with van der Waals surface area (Å²) >= 11 is 9.71. The fraction of sp³-hybridized carbons (Fsp3) is 0.250. The van der Waals surface area contributed by atoms with Crippen molar-refractivity contribution in [1.82, 2.24) is 9.88 Å². The van der Waals surface area contributed by atoms with Gasteiger partial charge in [-0.3, -0.25) is 9.78 Å². The molecule has 3 aromatic rings. The van der Waals surface area contributed by atoms with E-state index in [9.17, 15) is 4.79 Å². The van der Waals surface area contributed by atoms with Crippen molar-refractivity contribution in [1.29, 1.82) is 0 Å². The quantitative estimate of drug-likeness (QED) is 0.432. The Hall–Kier alpha value is -2.17. The number of nitrogens with zero attached hydrogens (tertiary/aromatic N) is 2. The number of aryl methyl sites for hydroxylation is 2. The summed E-state index contributed by atoms with van der Waals surface area (Å²) in [5.74, 6) is 0.0875. The number of carbonyl (C=O) groups is 1. The third-order valence-corrected chi connectivity index (χ3v) is 6.58. The Morgan fingerprint density at radius 1 is 1.07 bits per heavy atom. The van der Waals surface area contributed by atoms with Gasteiger partial charge in [-0.2, -0.15) is 0 Å². The molecule has 0 atom stereocenters. The van der Waals surface area contributed by atoms with Crippen LogP contribution in [0.1, 0.15) is 38.3 Å². The summed E-state index contributed by atoms with van der Waals surface area (Å²) in [7, 11) is 0. The maximum absolute atomic E-state index is 13.4. The van der Waals surface area contributed by atoms with Crippen LogP contribution < -0.4 is 0 Å². The van der Waals surface area contributed by atoms with E-state index in [2.05, 4.69) is 39.1 Å². The zero-order valence-electron chi connectivity index (χ0n) is 16.5. The average Bonchev–Trinajstić information content (AvgIpc) is 2.72. The highest BCUT2D eigenvalue weighted by Crippen LogP contribution is 2.34. The van der Waals surface area contributed by atoms with Gasteiger partial charge in [-0.15, -0.1) is 0 Å². The van der Waals surface area contributed by atoms with Gasteiger partial charge in [0, 0.05) is 46.5 Å². The van der Waals surface area contributed by atoms with Crippen LogP contribution in [0.5, 0.6) is 0 Å². The molecule has 1 amide bonds. The molecule has 148 valence electrons. The number of benzene rings is 2. The second-order valence-corrected chi connectivity index (χ2v) is 8.47. The highest BCUT2D eigenvalue weighted by atomic mass is 79.9. The van der Waals surface area contributed by atoms with Crippen molar-refractivity contribution in [2.75, 3.05) is 6.54 Å². The Bertz CT molecular complexity index is 1100. The predicted molar refractivity (Wildman–Crippen MR) is 122 cm³/mol. The molecular weight excluding hydrogens is 448 g/mol. The van der Waals surface area contributed by atoms with Gasteiger partial charge in [0.25, 0.3) is 5.91 Å². The van der Waals surface area contributed by atoms with Crippen molar-refractivity contribution in [3.05, 3.63) is 87.2 Å². The van der Waals surface area contributed by atoms with Crippen LogP contribution in [0.2, 0.25) is 5.02 Å². The third kappa shape index (κ3) is 3.96. The van der Waals surface area contributed by atoms with Gasteiger partial charge in [0.1, 0.15) is 0 Å². The molecule has 1 aliphatic rings. The van der Waals surface area contributed by atoms with Gasteiger partial charge < -0.3 is 4.90 Å². The second kappa shape index (κ2) is 8.29. The minimum Gasteiger partial charge on any atom is -0.334 e. The predicted octanol–water partition coefficient (Wildman–Crippen LogP) is 6.11. The maximum Gasteiger partial charge on any atom is 0.254 e. The molecule has 0 saturated carbocycles. The number of aromatic nitrogens is 1. The second-order valence-electron chi connectivity index (χ2n) is 7.50. The summed E-state index contributed by atoms with van der Waals surface area (Å²) in [4.78, 5) is 19.8. The zero-order chi connectivity index (χ0) is 20.5. The molecule has 0 spiro atoms. The van der Waals surface area contributed by atoms with Crippen molar-refractivity contribution < 1.29 is 4.79 Å². The molecule has 0 aliphatic carbocycles. The Balaban J connectivity index is 1.73. The average molecular weight is 470 g/mol. The molecule has 0 bridgehead atoms. The highest BCUT2D eigenvalue weighted by molar-refractivity contribution is 9.08. The standard InChI is InChI=1S/C24H22BrClN2O/c1-15-10-17(5-6-23(15)26)14-28-9-7-20-21(19-4-3-8-27-16(19)2)11-18(13-25)12-22(20)24(28)29/h3-6,8,10-12H,7,9,13-14H2,1-2H3. The van der Waals surface area contributed by atoms with E-state index in [4.69, 9.17) is 11.6 Å². The topological polar surface area (TPSA) is 33.2 Å². The molecule has 2 heterocycles. The Morgan fingerprint density at radius 2 is 1.86 bits per heavy atom. The number of alkyl halides is 1. The molecular formula is C24H22BrClN2O. The third-order valence-electron chi connectivity index (χ3n) is 5.51. The first-order chi connectivity index (χ1) is 14.0. The van der Waals surface area contributed by atoms with E-state index in [1.807, 2.05) is 43.0 Å². The minimum absolute atomic E-state index is 0.0875. The van der Waals surface area contributed by atoms with Crippen molar-refractivity contribution in [3.63, 3.8) is 0 Å². The summed E-state index contributed by atoms with van der Waals surface area (Å²) in [6, 6.07) is 14.2. The maximum atomic E-state index is 13.4. The van der Waals surface area contributed by atoms with Crippen molar-refractivity contribution in [2.45, 2.75) is 32.1 Å². The number of fused-ring (bicyclic) bond motifs is 1. The molecule has 29 heavy (non-hydrogen) atoms. The molecule has 0 N–H and O–H groups in total. The van der Waals surface area contributed by atoms with Gasteiger partial charge in [-0.1, -0.05) is 45.7 Å². The smallest absolute Gasteiger partial charge is 0.254 e. The lowest BCUT2D eigenvalue weighted by Crippen LogP contribution is -2.37. The van der Waals surface area contributed by atoms with E-state index < -0.39 is 0 Å². The van der Waals surface area contributed by atoms with Crippen LogP contribution in [0.25, 0.3) is 11.1 Å². The van der Waals surface area contributed by atoms with Gasteiger partial charge >= 0.3 is 0 Å². The molecule has 0 radical (unpaired) electrons. The molecule has 1 aromatic heterocycles. The Kier molecular flexibility index (Phi) is 5.75. The molecule has 2 aromatic carbocycles. The van der Waals surface area contributed by atoms with Crippen LogP contribution in [-0.2, 0) is 18.3 Å². The first-order valence-electron chi connectivity index (χ1n) is 9.66. The number of hydrogen-bond acceptors (Lipinski definition) is 2. The molecule has 0 saturated heterocycles. The molecule has 5 heteroatoms. The van der Waals surface area contributed by atoms with Gasteiger partial charge in [0.2, 0.25) is 0 Å². The van der Waals surface area contributed by atoms with E-state index in [0.29, 0.717) is 18.4 Å². The number of carbonyl (C=O) groups excluding carboxylic acids is 1. The lowest BCUT2D eigenvalue weighted by molar-refractivity contribution is 0.0727. The van der Waals surface area contributed by atoms with Crippen molar-refractivity contribution >= 4 is 33.4 Å². The van der Waals surface area contributed by atoms with Crippen LogP contribution in [0, 0.1) is 13.8 Å². The summed E-state index contributed by atoms with van der Waals surface area (Å²) in [5, 5.41) is 1.46. The number of hydrogen-bond donors (Lipinski definition) is 0. The molecule has 4 rings (SSSR count). The number of amides is 1. The minimum atomic E-state index is 0.0875. The van der Waals surface area contributed by atoms with Crippen molar-refractivity contribution in [2.24, 2.45) is 0 Å². The number of rotatable bonds is 4. The van der Waals surface area contributed by atoms with Gasteiger partial charge in [0.05, 0.1) is 0 Å². The fourth-order valence-corrected chi connectivity index (χ4v) is 4.41. The Labute approximate surface area is 184 Å². The monoisotopic (exact) mass is 468 g/mol. The highest BCUT2D eigenvalue weighted by Gasteiger charge is 2.27. The van der Waals surface area contributed by atoms with Gasteiger partial charge in [0.15, 0.2) is 0 Å². The molecule has 0 fully saturated rings. The summed E-state index contributed by atoms with van der Waals surface area (Å²) in [6.45, 7) is 5.30. The summed E-state index contributed by atoms with van der Waals surface area (Å²) in [5.41, 5.74) is 8.36. The number of pyridine rings is 1. The normalized spacial score (nSPS) is 13.5. The van der Waals surface area contributed by atoms with Crippen LogP contribution in [0.15, 0.2) is 48.7 Å². The number of halogens is 2. The SMILES string of the molecule is Cc1cc(CN2CCc3c(cc(CBr)cc3-c3cccnc3C)C2=O)ccc1Cl. The summed E-state index contributed by atoms with van der Waals surface area (Å²) in [6.07, 6.45) is 2.64. The van der Waals surface area contributed by atoms with E-state index in [0.717, 1.165) is 56.1 Å². The Morgan fingerprint density at radius 3 is 2.59 bits per heavy atom. The van der Waals surface area contributed by atoms with Crippen LogP contribution in [0.4, 0.5) is 0 Å². The zero-order valence-corrected chi connectivity index (χ0v) is 18.8. The van der Waals surface area contributed by atoms with Crippen molar-refractivity contribution in [3.8, 4) is 11.1 Å². The lowest BCUT2D eigenvalue weighted by Gasteiger charge is -2.31. The van der Waals surface area contributed by atoms with Gasteiger partial charge in [-0.25, -0.2) is 0 Å². The molecule has 1 aliphatic heterocycles. The largest absolute Gasteiger partial charge is 0.334 e. The van der Waals surface area contributed by atoms with E-state index in [1.165, 1.54) is 0 Å². The fourth-order valence-electron chi connectivity index (χ4n) is 3.97. The first kappa shape index (κ1) is 20.1. The van der Waals surface area contributed by atoms with Crippen LogP contribution in [0.3, 0.4) is 0 Å². The lowest BCUT2D eigenvalue weighted by atomic mass is 9.88. The molecule has 3 nitrogen and oxygen atoms in total. The van der Waals surface area contributed by atoms with E-state index >= 15 is 0 Å². The molecule has 0 unspecified atom stereocenters. The van der Waals surface area contributed by atoms with E-state index in [1.54, 1.807) is 6.20 Å². The van der Waals surface area contributed by atoms with E-state index in [-0.39, 0.29) is 5.91 Å². The first-order valence-corrected chi connectivity index (χ1v) is 11.2. The van der Waals surface area contributed by atoms with Crippen LogP contribution in [-0.4, -0.2) is 22.3 Å².